The Kier molecular flexibility index (Phi) is 6.80. The number of sulfonamides is 1. The normalized spacial score (nSPS) is 15.4. The lowest BCUT2D eigenvalue weighted by Crippen LogP contribution is -2.35. The summed E-state index contributed by atoms with van der Waals surface area (Å²) in [5, 5.41) is 0. The van der Waals surface area contributed by atoms with Crippen LogP contribution in [0.15, 0.2) is 39.8 Å². The molecule has 0 spiro atoms. The van der Waals surface area contributed by atoms with E-state index in [-0.39, 0.29) is 28.9 Å². The van der Waals surface area contributed by atoms with Gasteiger partial charge >= 0.3 is 0 Å². The summed E-state index contributed by atoms with van der Waals surface area (Å²) < 4.78 is 43.7. The van der Waals surface area contributed by atoms with Crippen LogP contribution >= 0.6 is 15.9 Å². The Bertz CT molecular complexity index is 1000. The predicted molar refractivity (Wildman–Crippen MR) is 113 cm³/mol. The number of aryl methyl sites for hydroxylation is 1. The number of carbonyl (C=O) groups is 1. The molecular formula is C20H25BrFN3O3S. The van der Waals surface area contributed by atoms with E-state index in [2.05, 4.69) is 15.9 Å². The molecule has 2 aromatic rings. The van der Waals surface area contributed by atoms with E-state index in [4.69, 9.17) is 0 Å². The number of piperidine rings is 1. The third kappa shape index (κ3) is 4.73. The quantitative estimate of drug-likeness (QED) is 0.625. The molecule has 0 saturated carbocycles. The summed E-state index contributed by atoms with van der Waals surface area (Å²) in [5.74, 6) is -0.728. The Morgan fingerprint density at radius 3 is 2.55 bits per heavy atom. The summed E-state index contributed by atoms with van der Waals surface area (Å²) in [5.41, 5.74) is 0.655. The van der Waals surface area contributed by atoms with Crippen molar-refractivity contribution in [2.75, 3.05) is 19.6 Å². The number of halogens is 2. The highest BCUT2D eigenvalue weighted by Gasteiger charge is 2.29. The molecule has 0 bridgehead atoms. The molecule has 1 aliphatic rings. The third-order valence-electron chi connectivity index (χ3n) is 5.19. The highest BCUT2D eigenvalue weighted by molar-refractivity contribution is 9.10. The first kappa shape index (κ1) is 22.0. The number of carbonyl (C=O) groups excluding carboxylic acids is 1. The molecular weight excluding hydrogens is 461 g/mol. The number of rotatable bonds is 6. The Balaban J connectivity index is 1.85. The maximum absolute atomic E-state index is 14.1. The molecule has 6 nitrogen and oxygen atoms in total. The average Bonchev–Trinajstić information content (AvgIpc) is 3.11. The minimum absolute atomic E-state index is 0.0972. The van der Waals surface area contributed by atoms with Gasteiger partial charge in [0.05, 0.1) is 0 Å². The van der Waals surface area contributed by atoms with Crippen molar-refractivity contribution in [3.63, 3.8) is 0 Å². The fourth-order valence-corrected chi connectivity index (χ4v) is 5.50. The Hall–Kier alpha value is -1.71. The van der Waals surface area contributed by atoms with Crippen molar-refractivity contribution < 1.29 is 17.6 Å². The molecule has 0 aliphatic carbocycles. The van der Waals surface area contributed by atoms with Gasteiger partial charge in [-0.25, -0.2) is 12.8 Å². The third-order valence-corrected chi connectivity index (χ3v) is 7.55. The zero-order chi connectivity index (χ0) is 21.2. The van der Waals surface area contributed by atoms with Gasteiger partial charge in [-0.05, 0) is 44.0 Å². The summed E-state index contributed by atoms with van der Waals surface area (Å²) in [6.07, 6.45) is 4.20. The van der Waals surface area contributed by atoms with Crippen LogP contribution < -0.4 is 0 Å². The van der Waals surface area contributed by atoms with Crippen LogP contribution in [0.2, 0.25) is 0 Å². The maximum atomic E-state index is 14.1. The van der Waals surface area contributed by atoms with Crippen molar-refractivity contribution in [1.82, 2.24) is 13.8 Å². The number of benzene rings is 1. The van der Waals surface area contributed by atoms with Gasteiger partial charge in [-0.15, -0.1) is 0 Å². The van der Waals surface area contributed by atoms with Crippen LogP contribution in [0.3, 0.4) is 0 Å². The van der Waals surface area contributed by atoms with Gasteiger partial charge in [0.25, 0.3) is 5.91 Å². The van der Waals surface area contributed by atoms with Gasteiger partial charge in [0, 0.05) is 49.5 Å². The van der Waals surface area contributed by atoms with Crippen LogP contribution in [0, 0.1) is 5.82 Å². The minimum atomic E-state index is -3.63. The summed E-state index contributed by atoms with van der Waals surface area (Å²) in [6, 6.07) is 6.02. The van der Waals surface area contributed by atoms with Crippen LogP contribution in [-0.2, 0) is 23.6 Å². The summed E-state index contributed by atoms with van der Waals surface area (Å²) in [7, 11) is -1.98. The lowest BCUT2D eigenvalue weighted by atomic mass is 10.2. The van der Waals surface area contributed by atoms with Crippen LogP contribution in [0.1, 0.15) is 42.2 Å². The van der Waals surface area contributed by atoms with Gasteiger partial charge in [-0.3, -0.25) is 4.79 Å². The van der Waals surface area contributed by atoms with Gasteiger partial charge in [0.2, 0.25) is 10.0 Å². The predicted octanol–water partition coefficient (Wildman–Crippen LogP) is 3.76. The number of aromatic nitrogens is 1. The van der Waals surface area contributed by atoms with Crippen LogP contribution in [0.4, 0.5) is 4.39 Å². The van der Waals surface area contributed by atoms with Crippen molar-refractivity contribution in [2.45, 2.75) is 37.6 Å². The van der Waals surface area contributed by atoms with E-state index >= 15 is 0 Å². The minimum Gasteiger partial charge on any atom is -0.345 e. The zero-order valence-electron chi connectivity index (χ0n) is 16.6. The summed E-state index contributed by atoms with van der Waals surface area (Å²) in [6.45, 7) is 3.28. The van der Waals surface area contributed by atoms with Gasteiger partial charge in [-0.1, -0.05) is 22.4 Å². The first-order valence-corrected chi connectivity index (χ1v) is 11.9. The smallest absolute Gasteiger partial charge is 0.270 e. The van der Waals surface area contributed by atoms with E-state index in [1.54, 1.807) is 19.2 Å². The molecule has 0 atom stereocenters. The second kappa shape index (κ2) is 8.97. The van der Waals surface area contributed by atoms with Crippen molar-refractivity contribution in [1.29, 1.82) is 0 Å². The van der Waals surface area contributed by atoms with Crippen molar-refractivity contribution in [3.8, 4) is 0 Å². The molecule has 1 aromatic carbocycles. The molecule has 0 radical (unpaired) electrons. The second-order valence-corrected chi connectivity index (χ2v) is 10.0. The van der Waals surface area contributed by atoms with Gasteiger partial charge in [-0.2, -0.15) is 4.31 Å². The van der Waals surface area contributed by atoms with Crippen LogP contribution in [0.5, 0.6) is 0 Å². The molecule has 0 unspecified atom stereocenters. The molecule has 29 heavy (non-hydrogen) atoms. The number of hydrogen-bond donors (Lipinski definition) is 0. The zero-order valence-corrected chi connectivity index (χ0v) is 19.0. The molecule has 1 aromatic heterocycles. The lowest BCUT2D eigenvalue weighted by Gasteiger charge is -2.25. The molecule has 0 N–H and O–H groups in total. The molecule has 2 heterocycles. The molecule has 1 saturated heterocycles. The standard InChI is InChI=1S/C20H25BrFN3O3S/c1-3-24(13-15-11-16(21)7-8-18(15)22)20(26)19-12-17(14-23(19)2)29(27,28)25-9-5-4-6-10-25/h7-8,11-12,14H,3-6,9-10,13H2,1-2H3. The van der Waals surface area contributed by atoms with E-state index in [9.17, 15) is 17.6 Å². The van der Waals surface area contributed by atoms with Gasteiger partial charge < -0.3 is 9.47 Å². The number of nitrogens with zero attached hydrogens (tertiary/aromatic N) is 3. The Labute approximate surface area is 179 Å². The van der Waals surface area contributed by atoms with Crippen LogP contribution in [0.25, 0.3) is 0 Å². The summed E-state index contributed by atoms with van der Waals surface area (Å²) in [4.78, 5) is 14.7. The van der Waals surface area contributed by atoms with Gasteiger partial charge in [0.15, 0.2) is 0 Å². The molecule has 1 amide bonds. The molecule has 3 rings (SSSR count). The van der Waals surface area contributed by atoms with Gasteiger partial charge in [0.1, 0.15) is 16.4 Å². The van der Waals surface area contributed by atoms with E-state index in [1.807, 2.05) is 6.92 Å². The molecule has 1 fully saturated rings. The lowest BCUT2D eigenvalue weighted by molar-refractivity contribution is 0.0741. The average molecular weight is 486 g/mol. The first-order valence-electron chi connectivity index (χ1n) is 9.63. The van der Waals surface area contributed by atoms with Crippen molar-refractivity contribution in [2.24, 2.45) is 7.05 Å². The number of amides is 1. The first-order chi connectivity index (χ1) is 13.7. The SMILES string of the molecule is CCN(Cc1cc(Br)ccc1F)C(=O)c1cc(S(=O)(=O)N2CCCCC2)cn1C. The number of hydrogen-bond acceptors (Lipinski definition) is 3. The highest BCUT2D eigenvalue weighted by Crippen LogP contribution is 2.24. The molecule has 9 heteroatoms. The van der Waals surface area contributed by atoms with Crippen LogP contribution in [-0.4, -0.2) is 47.7 Å². The fourth-order valence-electron chi connectivity index (χ4n) is 3.50. The maximum Gasteiger partial charge on any atom is 0.270 e. The van der Waals surface area contributed by atoms with Crippen molar-refractivity contribution in [3.05, 3.63) is 52.0 Å². The summed E-state index contributed by atoms with van der Waals surface area (Å²) >= 11 is 3.32. The highest BCUT2D eigenvalue weighted by atomic mass is 79.9. The largest absolute Gasteiger partial charge is 0.345 e. The fraction of sp³-hybridized carbons (Fsp3) is 0.450. The Morgan fingerprint density at radius 1 is 1.21 bits per heavy atom. The van der Waals surface area contributed by atoms with E-state index in [1.165, 1.54) is 32.1 Å². The molecule has 1 aliphatic heterocycles. The molecule has 158 valence electrons. The second-order valence-electron chi connectivity index (χ2n) is 7.19. The monoisotopic (exact) mass is 485 g/mol. The topological polar surface area (TPSA) is 62.6 Å². The van der Waals surface area contributed by atoms with E-state index in [0.29, 0.717) is 25.2 Å². The van der Waals surface area contributed by atoms with E-state index in [0.717, 1.165) is 23.7 Å². The van der Waals surface area contributed by atoms with E-state index < -0.39 is 10.0 Å². The van der Waals surface area contributed by atoms with Crippen molar-refractivity contribution >= 4 is 31.9 Å². The Morgan fingerprint density at radius 2 is 1.90 bits per heavy atom.